The van der Waals surface area contributed by atoms with Crippen LogP contribution in [0.4, 0.5) is 21.9 Å². The van der Waals surface area contributed by atoms with Gasteiger partial charge in [-0.15, -0.1) is 0 Å². The second kappa shape index (κ2) is 17.6. The highest BCUT2D eigenvalue weighted by Gasteiger charge is 2.18. The van der Waals surface area contributed by atoms with Gasteiger partial charge in [0.2, 0.25) is 11.8 Å². The van der Waals surface area contributed by atoms with Crippen molar-refractivity contribution in [3.8, 4) is 0 Å². The SMILES string of the molecule is CC.Cc1ccccc1NC(=O)Nc1ccc(NC(=O)CN(CCC(C)C)C(=O)CCCCC(=O)O)cc1. The number of hydrogen-bond donors (Lipinski definition) is 4. The number of carboxylic acids is 1. The minimum Gasteiger partial charge on any atom is -0.481 e. The minimum atomic E-state index is -0.883. The number of anilines is 3. The molecular formula is C29H42N4O5. The minimum absolute atomic E-state index is 0.0260. The Morgan fingerprint density at radius 1 is 0.842 bits per heavy atom. The molecule has 9 nitrogen and oxygen atoms in total. The summed E-state index contributed by atoms with van der Waals surface area (Å²) in [5.74, 6) is -0.990. The van der Waals surface area contributed by atoms with Crippen LogP contribution in [0, 0.1) is 12.8 Å². The molecule has 0 unspecified atom stereocenters. The molecule has 0 bridgehead atoms. The van der Waals surface area contributed by atoms with E-state index in [9.17, 15) is 19.2 Å². The molecule has 0 atom stereocenters. The molecule has 0 aliphatic rings. The van der Waals surface area contributed by atoms with Gasteiger partial charge in [0.1, 0.15) is 0 Å². The summed E-state index contributed by atoms with van der Waals surface area (Å²) in [6.07, 6.45) is 1.90. The number of amides is 4. The van der Waals surface area contributed by atoms with Gasteiger partial charge in [-0.25, -0.2) is 4.79 Å². The Kier molecular flexibility index (Phi) is 14.9. The number of carbonyl (C=O) groups excluding carboxylic acids is 3. The first kappa shape index (κ1) is 32.1. The summed E-state index contributed by atoms with van der Waals surface area (Å²) in [5.41, 5.74) is 2.78. The monoisotopic (exact) mass is 526 g/mol. The summed E-state index contributed by atoms with van der Waals surface area (Å²) in [6.45, 7) is 10.4. The van der Waals surface area contributed by atoms with Crippen molar-refractivity contribution in [1.82, 2.24) is 4.90 Å². The Bertz CT molecular complexity index is 1040. The van der Waals surface area contributed by atoms with E-state index in [1.165, 1.54) is 4.90 Å². The van der Waals surface area contributed by atoms with E-state index >= 15 is 0 Å². The number of nitrogens with zero attached hydrogens (tertiary/aromatic N) is 1. The highest BCUT2D eigenvalue weighted by Crippen LogP contribution is 2.17. The molecule has 9 heteroatoms. The van der Waals surface area contributed by atoms with E-state index in [0.717, 1.165) is 17.7 Å². The smallest absolute Gasteiger partial charge is 0.323 e. The van der Waals surface area contributed by atoms with Gasteiger partial charge in [-0.1, -0.05) is 45.9 Å². The van der Waals surface area contributed by atoms with Crippen molar-refractivity contribution < 1.29 is 24.3 Å². The van der Waals surface area contributed by atoms with E-state index < -0.39 is 5.97 Å². The zero-order valence-corrected chi connectivity index (χ0v) is 23.2. The maximum atomic E-state index is 12.6. The lowest BCUT2D eigenvalue weighted by molar-refractivity contribution is -0.137. The third kappa shape index (κ3) is 12.9. The summed E-state index contributed by atoms with van der Waals surface area (Å²) in [4.78, 5) is 49.7. The number of hydrogen-bond acceptors (Lipinski definition) is 4. The standard InChI is InChI=1S/C27H36N4O5.C2H6/c1-19(2)16-17-31(25(33)10-6-7-11-26(34)35)18-24(32)28-21-12-14-22(15-13-21)29-27(36)30-23-9-5-4-8-20(23)3;1-2/h4-5,8-9,12-15,19H,6-7,10-11,16-18H2,1-3H3,(H,28,32)(H,34,35)(H2,29,30,36);1-2H3. The Morgan fingerprint density at radius 3 is 2.00 bits per heavy atom. The van der Waals surface area contributed by atoms with Crippen LogP contribution in [-0.4, -0.2) is 46.9 Å². The second-order valence-electron chi connectivity index (χ2n) is 9.12. The molecule has 0 aliphatic carbocycles. The zero-order chi connectivity index (χ0) is 28.5. The first-order valence-corrected chi connectivity index (χ1v) is 13.2. The lowest BCUT2D eigenvalue weighted by atomic mass is 10.1. The Balaban J connectivity index is 0.00000352. The Hall–Kier alpha value is -3.88. The maximum Gasteiger partial charge on any atom is 0.323 e. The molecule has 2 rings (SSSR count). The van der Waals surface area contributed by atoms with E-state index in [0.29, 0.717) is 36.7 Å². The zero-order valence-electron chi connectivity index (χ0n) is 23.2. The van der Waals surface area contributed by atoms with Gasteiger partial charge in [-0.3, -0.25) is 14.4 Å². The van der Waals surface area contributed by atoms with Gasteiger partial charge in [-0.05, 0) is 68.0 Å². The number of aliphatic carboxylic acids is 1. The van der Waals surface area contributed by atoms with Gasteiger partial charge in [0.15, 0.2) is 0 Å². The molecule has 4 N–H and O–H groups in total. The third-order valence-corrected chi connectivity index (χ3v) is 5.51. The molecule has 0 aliphatic heterocycles. The number of rotatable bonds is 13. The van der Waals surface area contributed by atoms with Gasteiger partial charge in [0, 0.05) is 36.4 Å². The highest BCUT2D eigenvalue weighted by molar-refractivity contribution is 6.00. The summed E-state index contributed by atoms with van der Waals surface area (Å²) >= 11 is 0. The van der Waals surface area contributed by atoms with Gasteiger partial charge < -0.3 is 26.0 Å². The van der Waals surface area contributed by atoms with E-state index in [4.69, 9.17) is 5.11 Å². The van der Waals surface area contributed by atoms with Crippen molar-refractivity contribution in [1.29, 1.82) is 0 Å². The van der Waals surface area contributed by atoms with Crippen LogP contribution in [0.1, 0.15) is 65.4 Å². The normalized spacial score (nSPS) is 10.2. The van der Waals surface area contributed by atoms with E-state index in [1.807, 2.05) is 58.9 Å². The first-order valence-electron chi connectivity index (χ1n) is 13.2. The Morgan fingerprint density at radius 2 is 1.42 bits per heavy atom. The summed E-state index contributed by atoms with van der Waals surface area (Å²) in [5, 5.41) is 17.1. The molecule has 0 saturated heterocycles. The molecule has 0 radical (unpaired) electrons. The van der Waals surface area contributed by atoms with Crippen LogP contribution in [0.2, 0.25) is 0 Å². The third-order valence-electron chi connectivity index (χ3n) is 5.51. The molecule has 0 heterocycles. The fourth-order valence-electron chi connectivity index (χ4n) is 3.43. The molecule has 208 valence electrons. The van der Waals surface area contributed by atoms with E-state index in [2.05, 4.69) is 16.0 Å². The Labute approximate surface area is 226 Å². The molecule has 0 saturated carbocycles. The van der Waals surface area contributed by atoms with Crippen LogP contribution in [0.15, 0.2) is 48.5 Å². The number of aryl methyl sites for hydroxylation is 1. The average molecular weight is 527 g/mol. The van der Waals surface area contributed by atoms with Gasteiger partial charge in [0.25, 0.3) is 0 Å². The fraction of sp³-hybridized carbons (Fsp3) is 0.448. The number of unbranched alkanes of at least 4 members (excludes halogenated alkanes) is 1. The van der Waals surface area contributed by atoms with Crippen LogP contribution in [0.3, 0.4) is 0 Å². The summed E-state index contributed by atoms with van der Waals surface area (Å²) in [6, 6.07) is 13.8. The van der Waals surface area contributed by atoms with Gasteiger partial charge in [-0.2, -0.15) is 0 Å². The number of carboxylic acid groups (broad SMARTS) is 1. The molecule has 2 aromatic carbocycles. The van der Waals surface area contributed by atoms with Crippen molar-refractivity contribution in [2.24, 2.45) is 5.92 Å². The number of nitrogens with one attached hydrogen (secondary N) is 3. The molecule has 2 aromatic rings. The van der Waals surface area contributed by atoms with Crippen molar-refractivity contribution >= 4 is 40.9 Å². The second-order valence-corrected chi connectivity index (χ2v) is 9.12. The quantitative estimate of drug-likeness (QED) is 0.234. The van der Waals surface area contributed by atoms with Crippen LogP contribution in [0.5, 0.6) is 0 Å². The van der Waals surface area contributed by atoms with Crippen LogP contribution < -0.4 is 16.0 Å². The van der Waals surface area contributed by atoms with Gasteiger partial charge >= 0.3 is 12.0 Å². The maximum absolute atomic E-state index is 12.6. The molecule has 0 fully saturated rings. The molecule has 0 spiro atoms. The first-order chi connectivity index (χ1) is 18.1. The van der Waals surface area contributed by atoms with Crippen LogP contribution in [0.25, 0.3) is 0 Å². The largest absolute Gasteiger partial charge is 0.481 e. The number of benzene rings is 2. The number of para-hydroxylation sites is 1. The van der Waals surface area contributed by atoms with Crippen molar-refractivity contribution in [2.75, 3.05) is 29.0 Å². The summed E-state index contributed by atoms with van der Waals surface area (Å²) < 4.78 is 0. The lowest BCUT2D eigenvalue weighted by Crippen LogP contribution is -2.39. The van der Waals surface area contributed by atoms with E-state index in [1.54, 1.807) is 24.3 Å². The lowest BCUT2D eigenvalue weighted by Gasteiger charge is -2.23. The highest BCUT2D eigenvalue weighted by atomic mass is 16.4. The average Bonchev–Trinajstić information content (AvgIpc) is 2.87. The number of urea groups is 1. The fourth-order valence-corrected chi connectivity index (χ4v) is 3.43. The van der Waals surface area contributed by atoms with Crippen molar-refractivity contribution in [3.05, 3.63) is 54.1 Å². The molecule has 4 amide bonds. The predicted octanol–water partition coefficient (Wildman–Crippen LogP) is 6.12. The number of carbonyl (C=O) groups is 4. The van der Waals surface area contributed by atoms with Crippen LogP contribution in [-0.2, 0) is 14.4 Å². The van der Waals surface area contributed by atoms with Crippen LogP contribution >= 0.6 is 0 Å². The summed E-state index contributed by atoms with van der Waals surface area (Å²) in [7, 11) is 0. The molecule has 0 aromatic heterocycles. The molecular weight excluding hydrogens is 484 g/mol. The predicted molar refractivity (Wildman–Crippen MR) is 152 cm³/mol. The van der Waals surface area contributed by atoms with Crippen molar-refractivity contribution in [2.45, 2.75) is 66.7 Å². The topological polar surface area (TPSA) is 128 Å². The molecule has 38 heavy (non-hydrogen) atoms. The van der Waals surface area contributed by atoms with Crippen molar-refractivity contribution in [3.63, 3.8) is 0 Å². The van der Waals surface area contributed by atoms with E-state index in [-0.39, 0.29) is 37.2 Å². The van der Waals surface area contributed by atoms with Gasteiger partial charge in [0.05, 0.1) is 6.54 Å².